The fourth-order valence-electron chi connectivity index (χ4n) is 2.00. The number of benzene rings is 1. The molecule has 0 bridgehead atoms. The number of nitrogens with zero attached hydrogens (tertiary/aromatic N) is 3. The summed E-state index contributed by atoms with van der Waals surface area (Å²) in [7, 11) is 0. The summed E-state index contributed by atoms with van der Waals surface area (Å²) in [5.74, 6) is 0.124. The molecule has 22 heavy (non-hydrogen) atoms. The van der Waals surface area contributed by atoms with Crippen LogP contribution in [0.5, 0.6) is 0 Å². The first-order valence-corrected chi connectivity index (χ1v) is 6.85. The number of nitrogens with one attached hydrogen (secondary N) is 1. The summed E-state index contributed by atoms with van der Waals surface area (Å²) >= 11 is 5.81. The van der Waals surface area contributed by atoms with E-state index in [1.54, 1.807) is 25.1 Å². The maximum Gasteiger partial charge on any atom is 0.288 e. The van der Waals surface area contributed by atoms with E-state index in [0.29, 0.717) is 10.7 Å². The highest BCUT2D eigenvalue weighted by Crippen LogP contribution is 2.11. The Labute approximate surface area is 129 Å². The van der Waals surface area contributed by atoms with Crippen LogP contribution in [0.15, 0.2) is 39.9 Å². The number of aryl methyl sites for hydroxylation is 1. The maximum absolute atomic E-state index is 12.3. The van der Waals surface area contributed by atoms with Gasteiger partial charge in [-0.2, -0.15) is 5.10 Å². The molecule has 0 radical (unpaired) electrons. The number of aromatic nitrogens is 4. The first-order valence-electron chi connectivity index (χ1n) is 6.47. The molecule has 3 aromatic rings. The summed E-state index contributed by atoms with van der Waals surface area (Å²) in [5.41, 5.74) is 0.547. The number of halogens is 1. The van der Waals surface area contributed by atoms with E-state index >= 15 is 0 Å². The van der Waals surface area contributed by atoms with Gasteiger partial charge in [0.2, 0.25) is 5.78 Å². The Balaban J connectivity index is 2.09. The van der Waals surface area contributed by atoms with Crippen LogP contribution in [-0.4, -0.2) is 19.6 Å². The molecule has 0 aliphatic rings. The van der Waals surface area contributed by atoms with Gasteiger partial charge in [0.1, 0.15) is 5.69 Å². The molecule has 0 fully saturated rings. The van der Waals surface area contributed by atoms with E-state index in [0.717, 1.165) is 9.96 Å². The zero-order valence-electron chi connectivity index (χ0n) is 11.6. The highest BCUT2D eigenvalue weighted by Gasteiger charge is 2.07. The second-order valence-electron chi connectivity index (χ2n) is 4.69. The second kappa shape index (κ2) is 5.57. The van der Waals surface area contributed by atoms with Crippen LogP contribution in [0.25, 0.3) is 17.9 Å². The molecule has 0 spiro atoms. The second-order valence-corrected chi connectivity index (χ2v) is 5.13. The number of rotatable bonds is 2. The predicted octanol–water partition coefficient (Wildman–Crippen LogP) is 1.91. The molecule has 0 saturated heterocycles. The Morgan fingerprint density at radius 2 is 1.91 bits per heavy atom. The largest absolute Gasteiger partial charge is 0.288 e. The van der Waals surface area contributed by atoms with Gasteiger partial charge in [-0.25, -0.2) is 14.5 Å². The summed E-state index contributed by atoms with van der Waals surface area (Å²) in [6.45, 7) is 1.67. The lowest BCUT2D eigenvalue weighted by Gasteiger charge is -2.01. The third-order valence-electron chi connectivity index (χ3n) is 3.05. The lowest BCUT2D eigenvalue weighted by Crippen LogP contribution is -2.30. The number of hydrogen-bond acceptors (Lipinski definition) is 4. The van der Waals surface area contributed by atoms with Gasteiger partial charge < -0.3 is 0 Å². The lowest BCUT2D eigenvalue weighted by atomic mass is 10.2. The Hall–Kier alpha value is -2.73. The van der Waals surface area contributed by atoms with E-state index in [1.165, 1.54) is 12.1 Å². The fraction of sp³-hybridized carbons (Fsp3) is 0.0667. The normalized spacial score (nSPS) is 11.4. The summed E-state index contributed by atoms with van der Waals surface area (Å²) in [5, 5.41) is 7.20. The van der Waals surface area contributed by atoms with Gasteiger partial charge in [0.25, 0.3) is 11.1 Å². The van der Waals surface area contributed by atoms with Crippen LogP contribution < -0.4 is 11.1 Å². The quantitative estimate of drug-likeness (QED) is 0.783. The van der Waals surface area contributed by atoms with Gasteiger partial charge >= 0.3 is 0 Å². The number of aromatic amines is 1. The molecule has 0 aliphatic carbocycles. The van der Waals surface area contributed by atoms with E-state index in [2.05, 4.69) is 15.2 Å². The zero-order valence-corrected chi connectivity index (χ0v) is 12.3. The topological polar surface area (TPSA) is 80.1 Å². The number of hydrogen-bond donors (Lipinski definition) is 1. The van der Waals surface area contributed by atoms with Gasteiger partial charge in [-0.1, -0.05) is 29.8 Å². The first-order chi connectivity index (χ1) is 10.5. The molecule has 0 atom stereocenters. The Kier molecular flexibility index (Phi) is 3.60. The van der Waals surface area contributed by atoms with E-state index in [9.17, 15) is 9.59 Å². The Morgan fingerprint density at radius 1 is 1.18 bits per heavy atom. The van der Waals surface area contributed by atoms with Gasteiger partial charge in [0, 0.05) is 16.8 Å². The molecular weight excluding hydrogens is 304 g/mol. The lowest BCUT2D eigenvalue weighted by molar-refractivity contribution is 0.862. The average Bonchev–Trinajstić information content (AvgIpc) is 2.47. The van der Waals surface area contributed by atoms with Crippen molar-refractivity contribution in [2.75, 3.05) is 0 Å². The molecule has 2 aromatic heterocycles. The van der Waals surface area contributed by atoms with Crippen molar-refractivity contribution in [1.82, 2.24) is 19.6 Å². The third-order valence-corrected chi connectivity index (χ3v) is 3.30. The standard InChI is InChI=1S/C15H11ClN4O2/c1-9-8-13(21)20-14(22)12(18-19-15(20)17-9)7-4-10-2-5-11(16)6-3-10/h2-8H,1H3,(H,17,19). The van der Waals surface area contributed by atoms with Crippen molar-refractivity contribution in [3.05, 3.63) is 73.0 Å². The molecule has 3 rings (SSSR count). The maximum atomic E-state index is 12.3. The van der Waals surface area contributed by atoms with Gasteiger partial charge in [-0.05, 0) is 30.7 Å². The molecule has 110 valence electrons. The molecule has 0 amide bonds. The van der Waals surface area contributed by atoms with E-state index in [4.69, 9.17) is 11.6 Å². The SMILES string of the molecule is Cc1cc(=O)n2c(=O)c(C=Cc3ccc(Cl)cc3)n[nH]c2n1. The van der Waals surface area contributed by atoms with Crippen molar-refractivity contribution in [3.63, 3.8) is 0 Å². The molecule has 0 aliphatic heterocycles. The number of H-pyrrole nitrogens is 1. The molecule has 0 saturated carbocycles. The minimum Gasteiger partial charge on any atom is -0.269 e. The van der Waals surface area contributed by atoms with Gasteiger partial charge in [-0.15, -0.1) is 0 Å². The highest BCUT2D eigenvalue weighted by atomic mass is 35.5. The van der Waals surface area contributed by atoms with Crippen molar-refractivity contribution in [2.24, 2.45) is 0 Å². The van der Waals surface area contributed by atoms with Gasteiger partial charge in [-0.3, -0.25) is 9.59 Å². The van der Waals surface area contributed by atoms with Crippen molar-refractivity contribution in [3.8, 4) is 0 Å². The summed E-state index contributed by atoms with van der Waals surface area (Å²) in [4.78, 5) is 28.3. The summed E-state index contributed by atoms with van der Waals surface area (Å²) in [6, 6.07) is 8.41. The van der Waals surface area contributed by atoms with Crippen LogP contribution in [0, 0.1) is 6.92 Å². The minimum absolute atomic E-state index is 0.121. The third kappa shape index (κ3) is 2.68. The predicted molar refractivity (Wildman–Crippen MR) is 85.0 cm³/mol. The van der Waals surface area contributed by atoms with Gasteiger partial charge in [0.15, 0.2) is 0 Å². The van der Waals surface area contributed by atoms with Crippen molar-refractivity contribution >= 4 is 29.5 Å². The monoisotopic (exact) mass is 314 g/mol. The van der Waals surface area contributed by atoms with Crippen molar-refractivity contribution in [1.29, 1.82) is 0 Å². The van der Waals surface area contributed by atoms with Crippen LogP contribution in [-0.2, 0) is 0 Å². The van der Waals surface area contributed by atoms with Crippen LogP contribution in [0.3, 0.4) is 0 Å². The van der Waals surface area contributed by atoms with E-state index < -0.39 is 11.1 Å². The highest BCUT2D eigenvalue weighted by molar-refractivity contribution is 6.30. The Morgan fingerprint density at radius 3 is 2.64 bits per heavy atom. The first kappa shape index (κ1) is 14.2. The molecule has 1 aromatic carbocycles. The summed E-state index contributed by atoms with van der Waals surface area (Å²) < 4.78 is 0.960. The van der Waals surface area contributed by atoms with Crippen molar-refractivity contribution in [2.45, 2.75) is 6.92 Å². The van der Waals surface area contributed by atoms with Crippen LogP contribution >= 0.6 is 11.6 Å². The van der Waals surface area contributed by atoms with Crippen LogP contribution in [0.1, 0.15) is 17.0 Å². The molecule has 1 N–H and O–H groups in total. The fourth-order valence-corrected chi connectivity index (χ4v) is 2.12. The molecular formula is C15H11ClN4O2. The van der Waals surface area contributed by atoms with E-state index in [-0.39, 0.29) is 11.5 Å². The molecule has 6 nitrogen and oxygen atoms in total. The smallest absolute Gasteiger partial charge is 0.269 e. The molecule has 2 heterocycles. The zero-order chi connectivity index (χ0) is 15.7. The molecule has 7 heteroatoms. The van der Waals surface area contributed by atoms with Crippen LogP contribution in [0.2, 0.25) is 5.02 Å². The summed E-state index contributed by atoms with van der Waals surface area (Å²) in [6.07, 6.45) is 3.25. The van der Waals surface area contributed by atoms with Gasteiger partial charge in [0.05, 0.1) is 0 Å². The number of fused-ring (bicyclic) bond motifs is 1. The average molecular weight is 315 g/mol. The molecule has 0 unspecified atom stereocenters. The van der Waals surface area contributed by atoms with E-state index in [1.807, 2.05) is 12.1 Å². The minimum atomic E-state index is -0.517. The van der Waals surface area contributed by atoms with Crippen LogP contribution in [0.4, 0.5) is 0 Å². The Bertz CT molecular complexity index is 987. The van der Waals surface area contributed by atoms with Crippen molar-refractivity contribution < 1.29 is 0 Å².